The molecule has 5 heteroatoms. The number of aliphatic hydroxyl groups excluding tert-OH is 1. The van der Waals surface area contributed by atoms with Crippen LogP contribution >= 0.6 is 11.6 Å². The molecule has 2 rings (SSSR count). The molecular formula is C15H19ClN2O2. The van der Waals surface area contributed by atoms with Gasteiger partial charge < -0.3 is 9.84 Å². The van der Waals surface area contributed by atoms with Crippen LogP contribution in [0, 0.1) is 13.8 Å². The van der Waals surface area contributed by atoms with Gasteiger partial charge >= 0.3 is 0 Å². The highest BCUT2D eigenvalue weighted by Crippen LogP contribution is 2.25. The van der Waals surface area contributed by atoms with Crippen LogP contribution in [0.2, 0.25) is 5.15 Å². The average Bonchev–Trinajstić information content (AvgIpc) is 2.62. The van der Waals surface area contributed by atoms with Crippen LogP contribution in [-0.2, 0) is 13.7 Å². The van der Waals surface area contributed by atoms with Crippen molar-refractivity contribution >= 4 is 11.6 Å². The first kappa shape index (κ1) is 14.9. The van der Waals surface area contributed by atoms with Gasteiger partial charge in [-0.1, -0.05) is 17.7 Å². The second-order valence-corrected chi connectivity index (χ2v) is 5.33. The van der Waals surface area contributed by atoms with Crippen LogP contribution in [0.4, 0.5) is 0 Å². The molecule has 20 heavy (non-hydrogen) atoms. The average molecular weight is 295 g/mol. The molecule has 0 radical (unpaired) electrons. The molecule has 1 aromatic heterocycles. The van der Waals surface area contributed by atoms with Crippen molar-refractivity contribution in [2.45, 2.75) is 33.5 Å². The lowest BCUT2D eigenvalue weighted by Gasteiger charge is -2.12. The molecule has 0 saturated carbocycles. The first-order valence-electron chi connectivity index (χ1n) is 6.49. The molecule has 0 aliphatic rings. The summed E-state index contributed by atoms with van der Waals surface area (Å²) in [4.78, 5) is 0. The maximum atomic E-state index is 9.55. The van der Waals surface area contributed by atoms with Crippen molar-refractivity contribution in [1.29, 1.82) is 0 Å². The molecule has 0 bridgehead atoms. The molecule has 0 aliphatic heterocycles. The largest absolute Gasteiger partial charge is 0.488 e. The van der Waals surface area contributed by atoms with Crippen LogP contribution in [-0.4, -0.2) is 14.9 Å². The molecular weight excluding hydrogens is 276 g/mol. The van der Waals surface area contributed by atoms with E-state index in [1.165, 1.54) is 0 Å². The molecule has 1 heterocycles. The first-order chi connectivity index (χ1) is 9.40. The summed E-state index contributed by atoms with van der Waals surface area (Å²) >= 11 is 6.17. The number of halogens is 1. The summed E-state index contributed by atoms with van der Waals surface area (Å²) in [6.45, 7) is 5.99. The number of aryl methyl sites for hydroxylation is 3. The molecule has 0 saturated heterocycles. The molecule has 1 aromatic carbocycles. The number of hydrogen-bond acceptors (Lipinski definition) is 3. The first-order valence-corrected chi connectivity index (χ1v) is 6.87. The van der Waals surface area contributed by atoms with E-state index >= 15 is 0 Å². The molecule has 4 nitrogen and oxygen atoms in total. The van der Waals surface area contributed by atoms with Crippen molar-refractivity contribution < 1.29 is 9.84 Å². The molecule has 1 N–H and O–H groups in total. The van der Waals surface area contributed by atoms with Gasteiger partial charge in [0.1, 0.15) is 17.5 Å². The van der Waals surface area contributed by atoms with Gasteiger partial charge in [0.15, 0.2) is 0 Å². The van der Waals surface area contributed by atoms with Crippen molar-refractivity contribution in [2.75, 3.05) is 0 Å². The van der Waals surface area contributed by atoms with Gasteiger partial charge in [-0.15, -0.1) is 0 Å². The zero-order valence-electron chi connectivity index (χ0n) is 12.1. The Balaban J connectivity index is 2.15. The molecule has 0 amide bonds. The van der Waals surface area contributed by atoms with Gasteiger partial charge in [0.25, 0.3) is 0 Å². The van der Waals surface area contributed by atoms with Gasteiger partial charge in [0, 0.05) is 12.6 Å². The van der Waals surface area contributed by atoms with Gasteiger partial charge in [-0.2, -0.15) is 5.10 Å². The fraction of sp³-hybridized carbons (Fsp3) is 0.400. The lowest BCUT2D eigenvalue weighted by Crippen LogP contribution is -2.00. The highest BCUT2D eigenvalue weighted by atomic mass is 35.5. The Morgan fingerprint density at radius 2 is 2.10 bits per heavy atom. The smallest absolute Gasteiger partial charge is 0.133 e. The van der Waals surface area contributed by atoms with E-state index in [0.717, 1.165) is 28.1 Å². The number of aromatic nitrogens is 2. The quantitative estimate of drug-likeness (QED) is 0.941. The maximum absolute atomic E-state index is 9.55. The number of nitrogens with zero attached hydrogens (tertiary/aromatic N) is 2. The molecule has 1 atom stereocenters. The Hall–Kier alpha value is -1.52. The number of hydrogen-bond donors (Lipinski definition) is 1. The van der Waals surface area contributed by atoms with E-state index in [4.69, 9.17) is 16.3 Å². The molecule has 108 valence electrons. The van der Waals surface area contributed by atoms with E-state index in [9.17, 15) is 5.11 Å². The standard InChI is InChI=1S/C15H19ClN2O2/c1-9-7-12(11(3)19)5-6-14(9)20-8-13-10(2)17-18(4)15(13)16/h5-7,11,19H,8H2,1-4H3. The van der Waals surface area contributed by atoms with Crippen LogP contribution in [0.25, 0.3) is 0 Å². The Morgan fingerprint density at radius 1 is 1.40 bits per heavy atom. The van der Waals surface area contributed by atoms with E-state index < -0.39 is 6.10 Å². The second-order valence-electron chi connectivity index (χ2n) is 4.97. The zero-order chi connectivity index (χ0) is 14.9. The van der Waals surface area contributed by atoms with E-state index in [0.29, 0.717) is 11.8 Å². The van der Waals surface area contributed by atoms with Crippen LogP contribution in [0.5, 0.6) is 5.75 Å². The summed E-state index contributed by atoms with van der Waals surface area (Å²) in [5, 5.41) is 14.4. The lowest BCUT2D eigenvalue weighted by molar-refractivity contribution is 0.199. The van der Waals surface area contributed by atoms with Crippen molar-refractivity contribution in [3.05, 3.63) is 45.7 Å². The summed E-state index contributed by atoms with van der Waals surface area (Å²) in [5.41, 5.74) is 3.63. The van der Waals surface area contributed by atoms with E-state index in [-0.39, 0.29) is 0 Å². The minimum atomic E-state index is -0.474. The minimum absolute atomic E-state index is 0.382. The summed E-state index contributed by atoms with van der Waals surface area (Å²) in [5.74, 6) is 0.786. The molecule has 0 spiro atoms. The molecule has 2 aromatic rings. The predicted molar refractivity (Wildman–Crippen MR) is 79.1 cm³/mol. The highest BCUT2D eigenvalue weighted by molar-refractivity contribution is 6.30. The topological polar surface area (TPSA) is 47.3 Å². The molecule has 0 fully saturated rings. The van der Waals surface area contributed by atoms with E-state index in [1.54, 1.807) is 11.6 Å². The van der Waals surface area contributed by atoms with Crippen molar-refractivity contribution in [1.82, 2.24) is 9.78 Å². The van der Waals surface area contributed by atoms with Gasteiger partial charge in [0.05, 0.1) is 11.8 Å². The Labute approximate surface area is 123 Å². The molecule has 0 aliphatic carbocycles. The van der Waals surface area contributed by atoms with Crippen molar-refractivity contribution in [2.24, 2.45) is 7.05 Å². The van der Waals surface area contributed by atoms with Gasteiger partial charge in [-0.25, -0.2) is 0 Å². The number of benzene rings is 1. The Morgan fingerprint density at radius 3 is 2.60 bits per heavy atom. The van der Waals surface area contributed by atoms with E-state index in [1.807, 2.05) is 39.1 Å². The summed E-state index contributed by atoms with van der Waals surface area (Å²) in [6, 6.07) is 5.67. The van der Waals surface area contributed by atoms with Gasteiger partial charge in [-0.3, -0.25) is 4.68 Å². The predicted octanol–water partition coefficient (Wildman–Crippen LogP) is 3.32. The Kier molecular flexibility index (Phi) is 4.35. The normalized spacial score (nSPS) is 12.5. The summed E-state index contributed by atoms with van der Waals surface area (Å²) in [7, 11) is 1.81. The third-order valence-corrected chi connectivity index (χ3v) is 3.80. The number of ether oxygens (including phenoxy) is 1. The summed E-state index contributed by atoms with van der Waals surface area (Å²) in [6.07, 6.45) is -0.474. The fourth-order valence-corrected chi connectivity index (χ4v) is 2.31. The summed E-state index contributed by atoms with van der Waals surface area (Å²) < 4.78 is 7.45. The van der Waals surface area contributed by atoms with Crippen LogP contribution in [0.1, 0.15) is 35.4 Å². The van der Waals surface area contributed by atoms with Crippen molar-refractivity contribution in [3.8, 4) is 5.75 Å². The second kappa shape index (κ2) is 5.85. The number of rotatable bonds is 4. The van der Waals surface area contributed by atoms with Crippen LogP contribution < -0.4 is 4.74 Å². The highest BCUT2D eigenvalue weighted by Gasteiger charge is 2.12. The zero-order valence-corrected chi connectivity index (χ0v) is 12.9. The third kappa shape index (κ3) is 2.97. The number of aliphatic hydroxyl groups is 1. The lowest BCUT2D eigenvalue weighted by atomic mass is 10.1. The monoisotopic (exact) mass is 294 g/mol. The van der Waals surface area contributed by atoms with Crippen LogP contribution in [0.15, 0.2) is 18.2 Å². The Bertz CT molecular complexity index is 621. The van der Waals surface area contributed by atoms with Crippen molar-refractivity contribution in [3.63, 3.8) is 0 Å². The van der Waals surface area contributed by atoms with Crippen LogP contribution in [0.3, 0.4) is 0 Å². The SMILES string of the molecule is Cc1cc(C(C)O)ccc1OCc1c(C)nn(C)c1Cl. The minimum Gasteiger partial charge on any atom is -0.488 e. The third-order valence-electron chi connectivity index (χ3n) is 3.32. The molecule has 1 unspecified atom stereocenters. The van der Waals surface area contributed by atoms with Gasteiger partial charge in [-0.05, 0) is 44.0 Å². The van der Waals surface area contributed by atoms with E-state index in [2.05, 4.69) is 5.10 Å². The van der Waals surface area contributed by atoms with Gasteiger partial charge in [0.2, 0.25) is 0 Å². The fourth-order valence-electron chi connectivity index (χ4n) is 2.08. The maximum Gasteiger partial charge on any atom is 0.133 e.